The summed E-state index contributed by atoms with van der Waals surface area (Å²) in [7, 11) is 3.09. The number of ether oxygens (including phenoxy) is 2. The van der Waals surface area contributed by atoms with Crippen LogP contribution < -0.4 is 14.8 Å². The van der Waals surface area contributed by atoms with Crippen LogP contribution in [0.4, 0.5) is 0 Å². The third kappa shape index (κ3) is 3.81. The Morgan fingerprint density at radius 3 is 2.72 bits per heavy atom. The molecule has 1 aromatic rings. The minimum absolute atomic E-state index is 0.420. The summed E-state index contributed by atoms with van der Waals surface area (Å²) in [6, 6.07) is 5.23. The van der Waals surface area contributed by atoms with E-state index in [1.807, 2.05) is 0 Å². The highest BCUT2D eigenvalue weighted by Crippen LogP contribution is 2.25. The number of hydrogen-bond acceptors (Lipinski definition) is 4. The van der Waals surface area contributed by atoms with Crippen molar-refractivity contribution in [1.29, 1.82) is 0 Å². The van der Waals surface area contributed by atoms with Crippen molar-refractivity contribution in [3.8, 4) is 11.5 Å². The van der Waals surface area contributed by atoms with Crippen LogP contribution in [0.25, 0.3) is 6.08 Å². The summed E-state index contributed by atoms with van der Waals surface area (Å²) in [4.78, 5) is 21.1. The zero-order valence-electron chi connectivity index (χ0n) is 10.1. The van der Waals surface area contributed by atoms with E-state index in [9.17, 15) is 9.59 Å². The van der Waals surface area contributed by atoms with Crippen molar-refractivity contribution in [1.82, 2.24) is 5.32 Å². The van der Waals surface area contributed by atoms with Crippen LogP contribution in [0.3, 0.4) is 0 Å². The lowest BCUT2D eigenvalue weighted by Crippen LogP contribution is -2.13. The highest BCUT2D eigenvalue weighted by atomic mass is 16.5. The molecule has 1 aromatic carbocycles. The quantitative estimate of drug-likeness (QED) is 0.626. The van der Waals surface area contributed by atoms with Gasteiger partial charge in [-0.1, -0.05) is 0 Å². The summed E-state index contributed by atoms with van der Waals surface area (Å²) < 4.78 is 10.2. The van der Waals surface area contributed by atoms with E-state index < -0.39 is 5.91 Å². The molecule has 0 radical (unpaired) electrons. The van der Waals surface area contributed by atoms with Gasteiger partial charge in [-0.3, -0.25) is 4.79 Å². The third-order valence-corrected chi connectivity index (χ3v) is 2.13. The number of rotatable bonds is 5. The van der Waals surface area contributed by atoms with Crippen molar-refractivity contribution in [2.45, 2.75) is 0 Å². The van der Waals surface area contributed by atoms with E-state index in [0.29, 0.717) is 11.5 Å². The van der Waals surface area contributed by atoms with Gasteiger partial charge >= 0.3 is 0 Å². The van der Waals surface area contributed by atoms with Gasteiger partial charge in [-0.15, -0.1) is 0 Å². The molecular formula is C13H13NO4. The van der Waals surface area contributed by atoms with Crippen molar-refractivity contribution in [3.05, 3.63) is 36.0 Å². The van der Waals surface area contributed by atoms with Crippen molar-refractivity contribution in [2.24, 2.45) is 0 Å². The lowest BCUT2D eigenvalue weighted by molar-refractivity contribution is -0.115. The molecule has 1 amide bonds. The van der Waals surface area contributed by atoms with E-state index in [-0.39, 0.29) is 0 Å². The third-order valence-electron chi connectivity index (χ3n) is 2.13. The lowest BCUT2D eigenvalue weighted by Gasteiger charge is -2.07. The fraction of sp³-hybridized carbons (Fsp3) is 0.154. The number of methoxy groups -OCH3 is 2. The van der Waals surface area contributed by atoms with Gasteiger partial charge in [0.15, 0.2) is 0 Å². The molecular weight excluding hydrogens is 234 g/mol. The Labute approximate surface area is 105 Å². The molecule has 5 nitrogen and oxygen atoms in total. The molecule has 0 unspecified atom stereocenters. The fourth-order valence-electron chi connectivity index (χ4n) is 1.27. The normalized spacial score (nSPS) is 9.67. The first-order chi connectivity index (χ1) is 8.71. The molecule has 0 heterocycles. The first kappa shape index (κ1) is 13.5. The van der Waals surface area contributed by atoms with Crippen LogP contribution in [0.1, 0.15) is 5.56 Å². The van der Waals surface area contributed by atoms with E-state index in [0.717, 1.165) is 11.8 Å². The summed E-state index contributed by atoms with van der Waals surface area (Å²) in [6.07, 6.45) is 3.77. The molecule has 0 aliphatic rings. The van der Waals surface area contributed by atoms with Gasteiger partial charge in [0, 0.05) is 17.7 Å². The van der Waals surface area contributed by atoms with Crippen LogP contribution in [0.15, 0.2) is 30.5 Å². The van der Waals surface area contributed by atoms with Crippen LogP contribution in [0.5, 0.6) is 11.5 Å². The van der Waals surface area contributed by atoms with Gasteiger partial charge < -0.3 is 14.8 Å². The first-order valence-electron chi connectivity index (χ1n) is 5.11. The van der Waals surface area contributed by atoms with Crippen molar-refractivity contribution in [3.63, 3.8) is 0 Å². The highest BCUT2D eigenvalue weighted by Gasteiger charge is 2.02. The van der Waals surface area contributed by atoms with Crippen LogP contribution >= 0.6 is 0 Å². The standard InChI is InChI=1S/C13H13NO4/c1-17-11-5-3-10(12(9-11)18-2)4-6-13(16)14-7-8-15/h3-7,9H,1-2H3,(H,14,16). The van der Waals surface area contributed by atoms with Crippen molar-refractivity contribution < 1.29 is 19.1 Å². The predicted octanol–water partition coefficient (Wildman–Crippen LogP) is 1.18. The SMILES string of the molecule is COc1ccc(C=CC(=O)NC=C=O)c(OC)c1. The first-order valence-corrected chi connectivity index (χ1v) is 5.11. The number of hydrogen-bond donors (Lipinski definition) is 1. The number of benzene rings is 1. The van der Waals surface area contributed by atoms with E-state index in [4.69, 9.17) is 9.47 Å². The van der Waals surface area contributed by atoms with Gasteiger partial charge in [-0.05, 0) is 18.2 Å². The molecule has 0 saturated heterocycles. The van der Waals surface area contributed by atoms with Gasteiger partial charge in [-0.25, -0.2) is 4.79 Å². The minimum Gasteiger partial charge on any atom is -0.497 e. The zero-order valence-corrected chi connectivity index (χ0v) is 10.1. The summed E-state index contributed by atoms with van der Waals surface area (Å²) in [6.45, 7) is 0. The molecule has 0 saturated carbocycles. The molecule has 0 bridgehead atoms. The molecule has 5 heteroatoms. The Hall–Kier alpha value is -2.52. The molecule has 18 heavy (non-hydrogen) atoms. The topological polar surface area (TPSA) is 64.6 Å². The molecule has 1 N–H and O–H groups in total. The molecule has 0 atom stereocenters. The maximum absolute atomic E-state index is 11.2. The molecule has 0 spiro atoms. The summed E-state index contributed by atoms with van der Waals surface area (Å²) in [5, 5.41) is 2.22. The van der Waals surface area contributed by atoms with E-state index in [1.165, 1.54) is 19.1 Å². The number of carbonyl (C=O) groups is 1. The smallest absolute Gasteiger partial charge is 0.248 e. The number of nitrogens with one attached hydrogen (secondary N) is 1. The number of carbonyl (C=O) groups excluding carboxylic acids is 2. The maximum atomic E-state index is 11.2. The molecule has 0 aromatic heterocycles. The molecule has 1 rings (SSSR count). The van der Waals surface area contributed by atoms with Crippen LogP contribution in [0.2, 0.25) is 0 Å². The van der Waals surface area contributed by atoms with Crippen LogP contribution in [-0.4, -0.2) is 26.1 Å². The summed E-state index contributed by atoms with van der Waals surface area (Å²) in [5.74, 6) is 2.28. The van der Waals surface area contributed by atoms with Crippen molar-refractivity contribution >= 4 is 17.9 Å². The molecule has 0 fully saturated rings. The average Bonchev–Trinajstić information content (AvgIpc) is 2.42. The zero-order chi connectivity index (χ0) is 13.4. The Bertz CT molecular complexity index is 502. The second-order valence-electron chi connectivity index (χ2n) is 3.21. The monoisotopic (exact) mass is 247 g/mol. The van der Waals surface area contributed by atoms with Crippen LogP contribution in [-0.2, 0) is 9.59 Å². The Kier molecular flexibility index (Phi) is 5.22. The lowest BCUT2D eigenvalue weighted by atomic mass is 10.1. The molecule has 0 aliphatic heterocycles. The van der Waals surface area contributed by atoms with E-state index in [2.05, 4.69) is 5.32 Å². The Morgan fingerprint density at radius 1 is 1.33 bits per heavy atom. The van der Waals surface area contributed by atoms with Gasteiger partial charge in [0.05, 0.1) is 20.4 Å². The minimum atomic E-state index is -0.420. The second-order valence-corrected chi connectivity index (χ2v) is 3.21. The summed E-state index contributed by atoms with van der Waals surface area (Å²) >= 11 is 0. The van der Waals surface area contributed by atoms with Gasteiger partial charge in [0.25, 0.3) is 0 Å². The van der Waals surface area contributed by atoms with Gasteiger partial charge in [0.1, 0.15) is 17.4 Å². The summed E-state index contributed by atoms with van der Waals surface area (Å²) in [5.41, 5.74) is 0.725. The molecule has 0 aliphatic carbocycles. The van der Waals surface area contributed by atoms with Gasteiger partial charge in [0.2, 0.25) is 5.91 Å². The fourth-order valence-corrected chi connectivity index (χ4v) is 1.27. The number of amides is 1. The predicted molar refractivity (Wildman–Crippen MR) is 67.0 cm³/mol. The largest absolute Gasteiger partial charge is 0.497 e. The maximum Gasteiger partial charge on any atom is 0.248 e. The van der Waals surface area contributed by atoms with E-state index in [1.54, 1.807) is 31.4 Å². The van der Waals surface area contributed by atoms with Crippen LogP contribution in [0, 0.1) is 0 Å². The molecule has 94 valence electrons. The second kappa shape index (κ2) is 6.93. The van der Waals surface area contributed by atoms with Crippen molar-refractivity contribution in [2.75, 3.05) is 14.2 Å². The Morgan fingerprint density at radius 2 is 2.11 bits per heavy atom. The average molecular weight is 247 g/mol. The van der Waals surface area contributed by atoms with Gasteiger partial charge in [-0.2, -0.15) is 0 Å². The Balaban J connectivity index is 2.86. The highest BCUT2D eigenvalue weighted by molar-refractivity contribution is 5.93. The van der Waals surface area contributed by atoms with E-state index >= 15 is 0 Å².